The Kier molecular flexibility index (Phi) is 3.28. The lowest BCUT2D eigenvalue weighted by molar-refractivity contribution is 0.584. The van der Waals surface area contributed by atoms with E-state index >= 15 is 0 Å². The molecular weight excluding hydrogens is 172 g/mol. The average molecular weight is 190 g/mol. The minimum Gasteiger partial charge on any atom is -0.313 e. The molecule has 1 aromatic rings. The maximum Gasteiger partial charge on any atom is 0.0728 e. The Morgan fingerprint density at radius 3 is 2.14 bits per heavy atom. The lowest BCUT2D eigenvalue weighted by atomic mass is 9.86. The van der Waals surface area contributed by atoms with Gasteiger partial charge in [-0.05, 0) is 5.56 Å². The van der Waals surface area contributed by atoms with Crippen molar-refractivity contribution in [3.8, 4) is 0 Å². The van der Waals surface area contributed by atoms with Gasteiger partial charge in [-0.15, -0.1) is 0 Å². The van der Waals surface area contributed by atoms with E-state index in [1.54, 1.807) is 0 Å². The van der Waals surface area contributed by atoms with E-state index in [9.17, 15) is 0 Å². The van der Waals surface area contributed by atoms with Crippen LogP contribution in [-0.4, -0.2) is 12.8 Å². The van der Waals surface area contributed by atoms with Crippen molar-refractivity contribution in [2.75, 3.05) is 7.05 Å². The standard InChI is InChI=1S/C12H18N2/c1-12(2,3)11(14-13-4)10-8-6-5-7-9-10/h5-9,13H,1-4H3/b14-11+. The number of hydrogen-bond acceptors (Lipinski definition) is 2. The Balaban J connectivity index is 3.09. The highest BCUT2D eigenvalue weighted by Crippen LogP contribution is 2.21. The number of rotatable bonds is 2. The molecule has 2 nitrogen and oxygen atoms in total. The van der Waals surface area contributed by atoms with E-state index in [4.69, 9.17) is 0 Å². The van der Waals surface area contributed by atoms with Crippen LogP contribution in [0.15, 0.2) is 35.4 Å². The van der Waals surface area contributed by atoms with E-state index in [-0.39, 0.29) is 5.41 Å². The second kappa shape index (κ2) is 4.27. The number of benzene rings is 1. The fraction of sp³-hybridized carbons (Fsp3) is 0.417. The molecule has 1 N–H and O–H groups in total. The molecule has 0 aliphatic carbocycles. The lowest BCUT2D eigenvalue weighted by Crippen LogP contribution is -2.23. The topological polar surface area (TPSA) is 24.4 Å². The third-order valence-electron chi connectivity index (χ3n) is 1.98. The number of nitrogens with one attached hydrogen (secondary N) is 1. The first-order valence-electron chi connectivity index (χ1n) is 4.86. The molecule has 0 saturated heterocycles. The van der Waals surface area contributed by atoms with E-state index in [2.05, 4.69) is 43.4 Å². The van der Waals surface area contributed by atoms with Crippen LogP contribution in [0.2, 0.25) is 0 Å². The van der Waals surface area contributed by atoms with E-state index < -0.39 is 0 Å². The van der Waals surface area contributed by atoms with Crippen molar-refractivity contribution in [3.63, 3.8) is 0 Å². The predicted molar refractivity (Wildman–Crippen MR) is 61.5 cm³/mol. The summed E-state index contributed by atoms with van der Waals surface area (Å²) in [6.07, 6.45) is 0. The van der Waals surface area contributed by atoms with Crippen molar-refractivity contribution in [3.05, 3.63) is 35.9 Å². The maximum atomic E-state index is 4.33. The van der Waals surface area contributed by atoms with Crippen LogP contribution in [0, 0.1) is 5.41 Å². The molecule has 1 aromatic carbocycles. The summed E-state index contributed by atoms with van der Waals surface area (Å²) in [4.78, 5) is 0. The van der Waals surface area contributed by atoms with Crippen LogP contribution in [0.4, 0.5) is 0 Å². The first-order chi connectivity index (χ1) is 6.55. The average Bonchev–Trinajstić information content (AvgIpc) is 2.14. The number of hydrogen-bond donors (Lipinski definition) is 1. The van der Waals surface area contributed by atoms with Gasteiger partial charge >= 0.3 is 0 Å². The largest absolute Gasteiger partial charge is 0.313 e. The number of nitrogens with zero attached hydrogens (tertiary/aromatic N) is 1. The molecular formula is C12H18N2. The molecule has 0 fully saturated rings. The molecule has 0 unspecified atom stereocenters. The van der Waals surface area contributed by atoms with Gasteiger partial charge in [0.1, 0.15) is 0 Å². The Labute approximate surface area is 86.0 Å². The van der Waals surface area contributed by atoms with Crippen molar-refractivity contribution in [2.45, 2.75) is 20.8 Å². The Bertz CT molecular complexity index is 307. The third-order valence-corrected chi connectivity index (χ3v) is 1.98. The van der Waals surface area contributed by atoms with Crippen LogP contribution < -0.4 is 5.43 Å². The quantitative estimate of drug-likeness (QED) is 0.562. The van der Waals surface area contributed by atoms with Gasteiger partial charge in [0, 0.05) is 12.5 Å². The molecule has 0 aromatic heterocycles. The summed E-state index contributed by atoms with van der Waals surface area (Å²) >= 11 is 0. The van der Waals surface area contributed by atoms with Gasteiger partial charge in [0.25, 0.3) is 0 Å². The second-order valence-electron chi connectivity index (χ2n) is 4.30. The number of hydrazone groups is 1. The van der Waals surface area contributed by atoms with E-state index in [0.717, 1.165) is 5.71 Å². The Morgan fingerprint density at radius 2 is 1.71 bits per heavy atom. The van der Waals surface area contributed by atoms with Crippen LogP contribution >= 0.6 is 0 Å². The molecule has 0 radical (unpaired) electrons. The fourth-order valence-electron chi connectivity index (χ4n) is 1.37. The van der Waals surface area contributed by atoms with Crippen molar-refractivity contribution in [2.24, 2.45) is 10.5 Å². The highest BCUT2D eigenvalue weighted by atomic mass is 15.3. The van der Waals surface area contributed by atoms with Gasteiger partial charge in [-0.1, -0.05) is 51.1 Å². The van der Waals surface area contributed by atoms with Gasteiger partial charge in [-0.2, -0.15) is 5.10 Å². The monoisotopic (exact) mass is 190 g/mol. The summed E-state index contributed by atoms with van der Waals surface area (Å²) < 4.78 is 0. The zero-order chi connectivity index (χ0) is 10.6. The molecule has 0 aliphatic heterocycles. The molecule has 0 bridgehead atoms. The molecule has 76 valence electrons. The highest BCUT2D eigenvalue weighted by Gasteiger charge is 2.20. The highest BCUT2D eigenvalue weighted by molar-refractivity contribution is 6.03. The van der Waals surface area contributed by atoms with Gasteiger partial charge in [-0.3, -0.25) is 0 Å². The normalized spacial score (nSPS) is 12.7. The molecule has 0 spiro atoms. The molecule has 0 atom stereocenters. The van der Waals surface area contributed by atoms with Gasteiger partial charge in [-0.25, -0.2) is 0 Å². The summed E-state index contributed by atoms with van der Waals surface area (Å²) in [5, 5.41) is 4.33. The second-order valence-corrected chi connectivity index (χ2v) is 4.30. The molecule has 1 rings (SSSR count). The van der Waals surface area contributed by atoms with E-state index in [1.807, 2.05) is 25.2 Å². The molecule has 2 heteroatoms. The first-order valence-corrected chi connectivity index (χ1v) is 4.86. The molecule has 0 saturated carbocycles. The van der Waals surface area contributed by atoms with Crippen molar-refractivity contribution < 1.29 is 0 Å². The first kappa shape index (κ1) is 10.8. The third kappa shape index (κ3) is 2.59. The Morgan fingerprint density at radius 1 is 1.14 bits per heavy atom. The van der Waals surface area contributed by atoms with Crippen LogP contribution in [0.1, 0.15) is 26.3 Å². The minimum absolute atomic E-state index is 0.0599. The van der Waals surface area contributed by atoms with Gasteiger partial charge in [0.05, 0.1) is 5.71 Å². The minimum atomic E-state index is 0.0599. The van der Waals surface area contributed by atoms with Crippen molar-refractivity contribution >= 4 is 5.71 Å². The van der Waals surface area contributed by atoms with Crippen LogP contribution in [0.5, 0.6) is 0 Å². The fourth-order valence-corrected chi connectivity index (χ4v) is 1.37. The van der Waals surface area contributed by atoms with Gasteiger partial charge < -0.3 is 5.43 Å². The predicted octanol–water partition coefficient (Wildman–Crippen LogP) is 2.66. The van der Waals surface area contributed by atoms with Gasteiger partial charge in [0.2, 0.25) is 0 Å². The van der Waals surface area contributed by atoms with Crippen LogP contribution in [-0.2, 0) is 0 Å². The smallest absolute Gasteiger partial charge is 0.0728 e. The summed E-state index contributed by atoms with van der Waals surface area (Å²) in [7, 11) is 1.83. The zero-order valence-electron chi connectivity index (χ0n) is 9.33. The lowest BCUT2D eigenvalue weighted by Gasteiger charge is -2.21. The summed E-state index contributed by atoms with van der Waals surface area (Å²) in [5.41, 5.74) is 5.18. The SMILES string of the molecule is CN/N=C(\c1ccccc1)C(C)(C)C. The molecule has 0 aliphatic rings. The summed E-state index contributed by atoms with van der Waals surface area (Å²) in [6, 6.07) is 10.3. The van der Waals surface area contributed by atoms with Crippen LogP contribution in [0.3, 0.4) is 0 Å². The molecule has 0 amide bonds. The van der Waals surface area contributed by atoms with Crippen LogP contribution in [0.25, 0.3) is 0 Å². The van der Waals surface area contributed by atoms with E-state index in [0.29, 0.717) is 0 Å². The molecule has 0 heterocycles. The summed E-state index contributed by atoms with van der Waals surface area (Å²) in [6.45, 7) is 6.49. The van der Waals surface area contributed by atoms with E-state index in [1.165, 1.54) is 5.56 Å². The van der Waals surface area contributed by atoms with Crippen molar-refractivity contribution in [1.82, 2.24) is 5.43 Å². The summed E-state index contributed by atoms with van der Waals surface area (Å²) in [5.74, 6) is 0. The molecule has 14 heavy (non-hydrogen) atoms. The zero-order valence-corrected chi connectivity index (χ0v) is 9.33. The van der Waals surface area contributed by atoms with Crippen molar-refractivity contribution in [1.29, 1.82) is 0 Å². The maximum absolute atomic E-state index is 4.33. The Hall–Kier alpha value is -1.31. The van der Waals surface area contributed by atoms with Gasteiger partial charge in [0.15, 0.2) is 0 Å².